The van der Waals surface area contributed by atoms with Gasteiger partial charge in [0.15, 0.2) is 0 Å². The number of nitrogens with zero attached hydrogens (tertiary/aromatic N) is 2. The Morgan fingerprint density at radius 1 is 1.19 bits per heavy atom. The van der Waals surface area contributed by atoms with Gasteiger partial charge in [0.05, 0.1) is 12.3 Å². The summed E-state index contributed by atoms with van der Waals surface area (Å²) in [5.41, 5.74) is 2.48. The molecule has 7 heteroatoms. The van der Waals surface area contributed by atoms with Crippen LogP contribution in [0, 0.1) is 12.8 Å². The molecule has 0 aliphatic carbocycles. The Balaban J connectivity index is 1.96. The van der Waals surface area contributed by atoms with Gasteiger partial charge in [0.25, 0.3) is 5.91 Å². The monoisotopic (exact) mass is 372 g/mol. The van der Waals surface area contributed by atoms with Crippen molar-refractivity contribution in [1.82, 2.24) is 20.4 Å². The standard InChI is InChI=1S/C20H28N4O3/c1-5-27-20(26)23-17(12-14(2)3)13-21-19(25)16-6-8-18(9-7-16)24-15(4)10-11-22-24/h6-11,14,17H,5,12-13H2,1-4H3,(H,21,25)(H,23,26). The minimum absolute atomic E-state index is 0.181. The van der Waals surface area contributed by atoms with Gasteiger partial charge in [0, 0.05) is 30.0 Å². The van der Waals surface area contributed by atoms with Gasteiger partial charge in [-0.25, -0.2) is 9.48 Å². The number of hydrogen-bond donors (Lipinski definition) is 2. The van der Waals surface area contributed by atoms with Gasteiger partial charge in [-0.2, -0.15) is 5.10 Å². The minimum Gasteiger partial charge on any atom is -0.450 e. The lowest BCUT2D eigenvalue weighted by Crippen LogP contribution is -2.44. The molecule has 0 aliphatic heterocycles. The Hall–Kier alpha value is -2.83. The molecule has 0 aliphatic rings. The van der Waals surface area contributed by atoms with E-state index in [-0.39, 0.29) is 11.9 Å². The first-order chi connectivity index (χ1) is 12.9. The molecule has 2 rings (SSSR count). The third-order valence-electron chi connectivity index (χ3n) is 4.07. The first-order valence-corrected chi connectivity index (χ1v) is 9.23. The molecule has 146 valence electrons. The summed E-state index contributed by atoms with van der Waals surface area (Å²) in [6, 6.07) is 8.99. The Labute approximate surface area is 160 Å². The fraction of sp³-hybridized carbons (Fsp3) is 0.450. The zero-order valence-corrected chi connectivity index (χ0v) is 16.4. The first kappa shape index (κ1) is 20.5. The van der Waals surface area contributed by atoms with Gasteiger partial charge >= 0.3 is 6.09 Å². The van der Waals surface area contributed by atoms with Gasteiger partial charge in [-0.1, -0.05) is 13.8 Å². The number of benzene rings is 1. The number of amides is 2. The van der Waals surface area contributed by atoms with Crippen LogP contribution >= 0.6 is 0 Å². The molecular weight excluding hydrogens is 344 g/mol. The number of hydrogen-bond acceptors (Lipinski definition) is 4. The molecule has 1 heterocycles. The van der Waals surface area contributed by atoms with E-state index in [0.717, 1.165) is 17.8 Å². The fourth-order valence-corrected chi connectivity index (χ4v) is 2.81. The van der Waals surface area contributed by atoms with Crippen molar-refractivity contribution in [3.8, 4) is 5.69 Å². The van der Waals surface area contributed by atoms with Crippen molar-refractivity contribution >= 4 is 12.0 Å². The molecule has 2 aromatic rings. The Kier molecular flexibility index (Phi) is 7.40. The third-order valence-corrected chi connectivity index (χ3v) is 4.07. The van der Waals surface area contributed by atoms with Crippen LogP contribution < -0.4 is 10.6 Å². The lowest BCUT2D eigenvalue weighted by Gasteiger charge is -2.20. The number of carbonyl (C=O) groups excluding carboxylic acids is 2. The summed E-state index contributed by atoms with van der Waals surface area (Å²) in [5, 5.41) is 9.94. The SMILES string of the molecule is CCOC(=O)NC(CNC(=O)c1ccc(-n2nccc2C)cc1)CC(C)C. The number of ether oxygens (including phenoxy) is 1. The predicted octanol–water partition coefficient (Wildman–Crippen LogP) is 3.07. The van der Waals surface area contributed by atoms with Crippen molar-refractivity contribution in [2.75, 3.05) is 13.2 Å². The number of aryl methyl sites for hydroxylation is 1. The van der Waals surface area contributed by atoms with E-state index in [1.807, 2.05) is 29.8 Å². The van der Waals surface area contributed by atoms with E-state index in [2.05, 4.69) is 29.6 Å². The highest BCUT2D eigenvalue weighted by Crippen LogP contribution is 2.11. The van der Waals surface area contributed by atoms with Crippen LogP contribution in [0.2, 0.25) is 0 Å². The molecule has 1 aromatic carbocycles. The van der Waals surface area contributed by atoms with Crippen LogP contribution in [-0.2, 0) is 4.74 Å². The molecule has 0 fully saturated rings. The smallest absolute Gasteiger partial charge is 0.407 e. The molecule has 0 radical (unpaired) electrons. The number of rotatable bonds is 8. The van der Waals surface area contributed by atoms with E-state index in [0.29, 0.717) is 24.6 Å². The van der Waals surface area contributed by atoms with Crippen molar-refractivity contribution < 1.29 is 14.3 Å². The van der Waals surface area contributed by atoms with Gasteiger partial charge in [-0.15, -0.1) is 0 Å². The molecule has 0 saturated carbocycles. The quantitative estimate of drug-likeness (QED) is 0.746. The summed E-state index contributed by atoms with van der Waals surface area (Å²) in [6.45, 7) is 8.52. The highest BCUT2D eigenvalue weighted by Gasteiger charge is 2.16. The van der Waals surface area contributed by atoms with Gasteiger partial charge < -0.3 is 15.4 Å². The van der Waals surface area contributed by atoms with Crippen LogP contribution in [0.5, 0.6) is 0 Å². The van der Waals surface area contributed by atoms with Crippen molar-refractivity contribution in [3.05, 3.63) is 47.8 Å². The van der Waals surface area contributed by atoms with E-state index in [1.54, 1.807) is 25.3 Å². The molecule has 0 spiro atoms. The van der Waals surface area contributed by atoms with Crippen LogP contribution in [0.15, 0.2) is 36.5 Å². The van der Waals surface area contributed by atoms with Crippen LogP contribution in [-0.4, -0.2) is 41.0 Å². The maximum atomic E-state index is 12.4. The van der Waals surface area contributed by atoms with E-state index in [9.17, 15) is 9.59 Å². The van der Waals surface area contributed by atoms with Crippen molar-refractivity contribution in [2.45, 2.75) is 40.2 Å². The maximum Gasteiger partial charge on any atom is 0.407 e. The fourth-order valence-electron chi connectivity index (χ4n) is 2.81. The third kappa shape index (κ3) is 6.13. The summed E-state index contributed by atoms with van der Waals surface area (Å²) in [5.74, 6) is 0.198. The molecule has 2 amide bonds. The second-order valence-electron chi connectivity index (χ2n) is 6.83. The molecule has 1 atom stereocenters. The molecular formula is C20H28N4O3. The average molecular weight is 372 g/mol. The van der Waals surface area contributed by atoms with Crippen molar-refractivity contribution in [3.63, 3.8) is 0 Å². The van der Waals surface area contributed by atoms with Gasteiger partial charge in [-0.3, -0.25) is 4.79 Å². The summed E-state index contributed by atoms with van der Waals surface area (Å²) in [7, 11) is 0. The second-order valence-corrected chi connectivity index (χ2v) is 6.83. The molecule has 27 heavy (non-hydrogen) atoms. The number of carbonyl (C=O) groups is 2. The van der Waals surface area contributed by atoms with Crippen molar-refractivity contribution in [1.29, 1.82) is 0 Å². The topological polar surface area (TPSA) is 85.3 Å². The Bertz CT molecular complexity index is 753. The Morgan fingerprint density at radius 2 is 1.89 bits per heavy atom. The minimum atomic E-state index is -0.462. The normalized spacial score (nSPS) is 11.9. The number of alkyl carbamates (subject to hydrolysis) is 1. The van der Waals surface area contributed by atoms with Crippen LogP contribution in [0.4, 0.5) is 4.79 Å². The van der Waals surface area contributed by atoms with Gasteiger partial charge in [0.2, 0.25) is 0 Å². The molecule has 1 unspecified atom stereocenters. The van der Waals surface area contributed by atoms with Gasteiger partial charge in [0.1, 0.15) is 0 Å². The van der Waals surface area contributed by atoms with Crippen LogP contribution in [0.1, 0.15) is 43.2 Å². The lowest BCUT2D eigenvalue weighted by atomic mass is 10.0. The molecule has 0 saturated heterocycles. The lowest BCUT2D eigenvalue weighted by molar-refractivity contribution is 0.0944. The summed E-state index contributed by atoms with van der Waals surface area (Å²) in [4.78, 5) is 24.1. The molecule has 1 aromatic heterocycles. The second kappa shape index (κ2) is 9.75. The first-order valence-electron chi connectivity index (χ1n) is 9.23. The molecule has 0 bridgehead atoms. The number of aromatic nitrogens is 2. The Morgan fingerprint density at radius 3 is 2.44 bits per heavy atom. The molecule has 2 N–H and O–H groups in total. The van der Waals surface area contributed by atoms with Crippen molar-refractivity contribution in [2.24, 2.45) is 5.92 Å². The predicted molar refractivity (Wildman–Crippen MR) is 104 cm³/mol. The van der Waals surface area contributed by atoms with Crippen LogP contribution in [0.3, 0.4) is 0 Å². The highest BCUT2D eigenvalue weighted by molar-refractivity contribution is 5.94. The summed E-state index contributed by atoms with van der Waals surface area (Å²) in [6.07, 6.45) is 2.02. The zero-order valence-electron chi connectivity index (χ0n) is 16.4. The summed E-state index contributed by atoms with van der Waals surface area (Å²) < 4.78 is 6.74. The van der Waals surface area contributed by atoms with E-state index in [1.165, 1.54) is 0 Å². The largest absolute Gasteiger partial charge is 0.450 e. The van der Waals surface area contributed by atoms with Gasteiger partial charge in [-0.05, 0) is 56.5 Å². The highest BCUT2D eigenvalue weighted by atomic mass is 16.5. The zero-order chi connectivity index (χ0) is 19.8. The van der Waals surface area contributed by atoms with E-state index < -0.39 is 6.09 Å². The maximum absolute atomic E-state index is 12.4. The van der Waals surface area contributed by atoms with E-state index in [4.69, 9.17) is 4.74 Å². The van der Waals surface area contributed by atoms with E-state index >= 15 is 0 Å². The molecule has 7 nitrogen and oxygen atoms in total. The van der Waals surface area contributed by atoms with Crippen LogP contribution in [0.25, 0.3) is 5.69 Å². The number of nitrogens with one attached hydrogen (secondary N) is 2. The average Bonchev–Trinajstić information content (AvgIpc) is 3.05. The summed E-state index contributed by atoms with van der Waals surface area (Å²) >= 11 is 0.